The van der Waals surface area contributed by atoms with E-state index >= 15 is 0 Å². The zero-order chi connectivity index (χ0) is 21.9. The molecule has 1 saturated carbocycles. The summed E-state index contributed by atoms with van der Waals surface area (Å²) in [6.45, 7) is 0. The van der Waals surface area contributed by atoms with Crippen LogP contribution in [0.1, 0.15) is 32.1 Å². The van der Waals surface area contributed by atoms with Gasteiger partial charge in [-0.05, 0) is 30.9 Å². The second-order valence-electron chi connectivity index (χ2n) is 8.10. The Kier molecular flexibility index (Phi) is 6.36. The molecule has 2 aromatic heterocycles. The lowest BCUT2D eigenvalue weighted by atomic mass is 9.83. The third-order valence-corrected chi connectivity index (χ3v) is 7.20. The topological polar surface area (TPSA) is 46.0 Å². The van der Waals surface area contributed by atoms with Crippen molar-refractivity contribution in [3.63, 3.8) is 0 Å². The summed E-state index contributed by atoms with van der Waals surface area (Å²) in [7, 11) is 0. The molecule has 5 nitrogen and oxygen atoms in total. The van der Waals surface area contributed by atoms with Gasteiger partial charge < -0.3 is 5.32 Å². The van der Waals surface area contributed by atoms with Gasteiger partial charge in [-0.2, -0.15) is 13.5 Å². The van der Waals surface area contributed by atoms with Gasteiger partial charge in [-0.25, -0.2) is 0 Å². The largest absolute Gasteiger partial charge is 0.363 e. The molecule has 1 aliphatic carbocycles. The Balaban J connectivity index is 1.50. The van der Waals surface area contributed by atoms with Crippen LogP contribution in [-0.2, 0) is 0 Å². The van der Waals surface area contributed by atoms with Gasteiger partial charge in [0.2, 0.25) is 0 Å². The highest BCUT2D eigenvalue weighted by Gasteiger charge is 2.32. The molecule has 9 heteroatoms. The van der Waals surface area contributed by atoms with Gasteiger partial charge in [0.05, 0.1) is 17.9 Å². The minimum absolute atomic E-state index is 0.00778. The van der Waals surface area contributed by atoms with Gasteiger partial charge in [-0.15, -0.1) is 7.77 Å². The predicted octanol–water partition coefficient (Wildman–Crippen LogP) is 7.15. The third-order valence-electron chi connectivity index (χ3n) is 6.23. The predicted molar refractivity (Wildman–Crippen MR) is 128 cm³/mol. The highest BCUT2D eigenvalue weighted by atomic mass is 32.3. The maximum atomic E-state index is 13.5. The normalized spacial score (nSPS) is 18.6. The zero-order valence-electron chi connectivity index (χ0n) is 17.3. The van der Waals surface area contributed by atoms with Crippen LogP contribution in [0.5, 0.6) is 0 Å². The molecule has 32 heavy (non-hydrogen) atoms. The van der Waals surface area contributed by atoms with Crippen molar-refractivity contribution in [3.05, 3.63) is 60.9 Å². The smallest absolute Gasteiger partial charge is 0.179 e. The van der Waals surface area contributed by atoms with Gasteiger partial charge in [-0.1, -0.05) is 55.7 Å². The summed E-state index contributed by atoms with van der Waals surface area (Å²) in [5, 5.41) is 8.05. The second-order valence-corrected chi connectivity index (χ2v) is 9.34. The van der Waals surface area contributed by atoms with Gasteiger partial charge in [0.15, 0.2) is 30.5 Å². The summed E-state index contributed by atoms with van der Waals surface area (Å²) in [6, 6.07) is 14.0. The van der Waals surface area contributed by atoms with Crippen LogP contribution in [0.25, 0.3) is 28.2 Å². The van der Waals surface area contributed by atoms with Gasteiger partial charge in [0, 0.05) is 22.9 Å². The summed E-state index contributed by atoms with van der Waals surface area (Å²) < 4.78 is 29.5. The molecule has 0 radical (unpaired) electrons. The van der Waals surface area contributed by atoms with E-state index in [4.69, 9.17) is 0 Å². The molecule has 0 bridgehead atoms. The Morgan fingerprint density at radius 3 is 2.41 bits per heavy atom. The van der Waals surface area contributed by atoms with Gasteiger partial charge in [0.25, 0.3) is 0 Å². The lowest BCUT2D eigenvalue weighted by Crippen LogP contribution is -2.35. The van der Waals surface area contributed by atoms with Gasteiger partial charge in [0.1, 0.15) is 5.82 Å². The summed E-state index contributed by atoms with van der Waals surface area (Å²) in [4.78, 5) is 4.63. The molecule has 1 N–H and O–H groups in total. The third kappa shape index (κ3) is 4.11. The van der Waals surface area contributed by atoms with Gasteiger partial charge >= 0.3 is 0 Å². The molecule has 1 aromatic carbocycles. The standard InChI is InChI=1S/C23H23F2N5S2/c24-31-30(32-25)22-13-21(17-9-5-2-6-10-17)28-23-19(15-27-29(22)23)18-11-12-20(26-14-18)16-7-3-1-4-8-16/h1,3-4,7-8,11-15,17,21,28H,2,5-6,9-10H2. The van der Waals surface area contributed by atoms with Crippen molar-refractivity contribution in [1.82, 2.24) is 18.5 Å². The van der Waals surface area contributed by atoms with Crippen molar-refractivity contribution in [2.45, 2.75) is 38.1 Å². The van der Waals surface area contributed by atoms with E-state index in [1.807, 2.05) is 54.7 Å². The Hall–Kier alpha value is -2.52. The van der Waals surface area contributed by atoms with Crippen LogP contribution in [0.4, 0.5) is 13.6 Å². The SMILES string of the molecule is FSN(SF)C1=CC(C2CCCCC2)Nc2c(-c3ccc(-c4ccccc4)nc3)cnn21. The number of aromatic nitrogens is 3. The number of hydrogen-bond donors (Lipinski definition) is 1. The molecule has 1 atom stereocenters. The molecule has 0 saturated heterocycles. The highest BCUT2D eigenvalue weighted by Crippen LogP contribution is 2.41. The first-order chi connectivity index (χ1) is 15.8. The number of halogens is 2. The first-order valence-corrected chi connectivity index (χ1v) is 12.1. The fourth-order valence-electron chi connectivity index (χ4n) is 4.60. The molecule has 3 heterocycles. The summed E-state index contributed by atoms with van der Waals surface area (Å²) in [5.41, 5.74) is 3.69. The maximum absolute atomic E-state index is 13.5. The van der Waals surface area contributed by atoms with Crippen LogP contribution in [-0.4, -0.2) is 24.5 Å². The van der Waals surface area contributed by atoms with E-state index in [0.29, 0.717) is 11.7 Å². The first-order valence-electron chi connectivity index (χ1n) is 10.7. The molecule has 1 aliphatic heterocycles. The molecule has 2 aliphatic rings. The molecule has 0 spiro atoms. The van der Waals surface area contributed by atoms with E-state index in [0.717, 1.165) is 44.8 Å². The molecule has 5 rings (SSSR count). The molecule has 3 aromatic rings. The van der Waals surface area contributed by atoms with E-state index < -0.39 is 0 Å². The lowest BCUT2D eigenvalue weighted by molar-refractivity contribution is 0.340. The molecular formula is C23H23F2N5S2. The second kappa shape index (κ2) is 9.54. The minimum atomic E-state index is -0.155. The monoisotopic (exact) mass is 471 g/mol. The van der Waals surface area contributed by atoms with E-state index in [1.165, 1.54) is 19.3 Å². The molecule has 166 valence electrons. The van der Waals surface area contributed by atoms with Crippen LogP contribution in [0.2, 0.25) is 0 Å². The minimum Gasteiger partial charge on any atom is -0.363 e. The number of nitrogens with zero attached hydrogens (tertiary/aromatic N) is 4. The summed E-state index contributed by atoms with van der Waals surface area (Å²) in [5.74, 6) is 1.54. The van der Waals surface area contributed by atoms with Crippen LogP contribution >= 0.6 is 24.7 Å². The van der Waals surface area contributed by atoms with Crippen molar-refractivity contribution >= 4 is 36.3 Å². The number of nitrogens with one attached hydrogen (secondary N) is 1. The molecule has 0 amide bonds. The first kappa shape index (κ1) is 21.3. The zero-order valence-corrected chi connectivity index (χ0v) is 19.0. The average Bonchev–Trinajstić information content (AvgIpc) is 3.30. The number of benzene rings is 1. The molecule has 1 unspecified atom stereocenters. The van der Waals surface area contributed by atoms with Crippen molar-refractivity contribution in [1.29, 1.82) is 0 Å². The number of pyridine rings is 1. The fraction of sp³-hybridized carbons (Fsp3) is 0.304. The highest BCUT2D eigenvalue weighted by molar-refractivity contribution is 8.07. The van der Waals surface area contributed by atoms with Crippen LogP contribution in [0.15, 0.2) is 60.9 Å². The number of fused-ring (bicyclic) bond motifs is 1. The van der Waals surface area contributed by atoms with E-state index in [-0.39, 0.29) is 30.7 Å². The van der Waals surface area contributed by atoms with Gasteiger partial charge in [-0.3, -0.25) is 4.98 Å². The van der Waals surface area contributed by atoms with Crippen LogP contribution in [0.3, 0.4) is 0 Å². The Morgan fingerprint density at radius 1 is 0.938 bits per heavy atom. The lowest BCUT2D eigenvalue weighted by Gasteiger charge is -2.34. The Bertz CT molecular complexity index is 1080. The Labute approximate surface area is 195 Å². The van der Waals surface area contributed by atoms with Crippen LogP contribution in [0, 0.1) is 5.92 Å². The number of rotatable bonds is 6. The van der Waals surface area contributed by atoms with E-state index in [9.17, 15) is 7.77 Å². The number of anilines is 1. The van der Waals surface area contributed by atoms with Crippen molar-refractivity contribution < 1.29 is 7.77 Å². The number of hydrogen-bond acceptors (Lipinski definition) is 6. The molecule has 1 fully saturated rings. The van der Waals surface area contributed by atoms with Crippen molar-refractivity contribution in [2.24, 2.45) is 5.92 Å². The quantitative estimate of drug-likeness (QED) is 0.385. The van der Waals surface area contributed by atoms with Crippen molar-refractivity contribution in [3.8, 4) is 22.4 Å². The fourth-order valence-corrected chi connectivity index (χ4v) is 5.11. The summed E-state index contributed by atoms with van der Waals surface area (Å²) in [6.07, 6.45) is 11.3. The molecular weight excluding hydrogens is 448 g/mol. The van der Waals surface area contributed by atoms with Crippen molar-refractivity contribution in [2.75, 3.05) is 5.32 Å². The summed E-state index contributed by atoms with van der Waals surface area (Å²) >= 11 is -0.309. The van der Waals surface area contributed by atoms with Crippen LogP contribution < -0.4 is 5.32 Å². The van der Waals surface area contributed by atoms with E-state index in [1.54, 1.807) is 10.9 Å². The Morgan fingerprint density at radius 2 is 1.72 bits per heavy atom. The maximum Gasteiger partial charge on any atom is 0.179 e. The van der Waals surface area contributed by atoms with E-state index in [2.05, 4.69) is 15.4 Å². The average molecular weight is 472 g/mol.